The van der Waals surface area contributed by atoms with Crippen molar-refractivity contribution in [2.24, 2.45) is 11.7 Å². The second-order valence-electron chi connectivity index (χ2n) is 8.37. The summed E-state index contributed by atoms with van der Waals surface area (Å²) in [5, 5.41) is 5.86. The Morgan fingerprint density at radius 3 is 2.84 bits per heavy atom. The highest BCUT2D eigenvalue weighted by atomic mass is 16.2. The predicted octanol–water partition coefficient (Wildman–Crippen LogP) is 2.67. The normalized spacial score (nSPS) is 20.7. The van der Waals surface area contributed by atoms with Gasteiger partial charge in [0.15, 0.2) is 0 Å². The second-order valence-corrected chi connectivity index (χ2v) is 8.37. The second kappa shape index (κ2) is 9.31. The summed E-state index contributed by atoms with van der Waals surface area (Å²) in [7, 11) is 0. The average molecular weight is 421 g/mol. The number of carbonyl (C=O) groups excluding carboxylic acids is 3. The third kappa shape index (κ3) is 5.11. The summed E-state index contributed by atoms with van der Waals surface area (Å²) in [6, 6.07) is 15.2. The van der Waals surface area contributed by atoms with E-state index in [4.69, 9.17) is 5.73 Å². The Balaban J connectivity index is 1.30. The van der Waals surface area contributed by atoms with Crippen molar-refractivity contribution < 1.29 is 14.4 Å². The molecule has 2 aliphatic heterocycles. The van der Waals surface area contributed by atoms with Crippen LogP contribution in [0.15, 0.2) is 48.5 Å². The summed E-state index contributed by atoms with van der Waals surface area (Å²) < 4.78 is 0. The van der Waals surface area contributed by atoms with Gasteiger partial charge < -0.3 is 16.4 Å². The summed E-state index contributed by atoms with van der Waals surface area (Å²) in [6.45, 7) is 1.47. The molecule has 2 unspecified atom stereocenters. The number of para-hydroxylation sites is 1. The summed E-state index contributed by atoms with van der Waals surface area (Å²) in [4.78, 5) is 38.5. The van der Waals surface area contributed by atoms with Crippen LogP contribution in [0.25, 0.3) is 0 Å². The molecule has 1 saturated heterocycles. The zero-order chi connectivity index (χ0) is 21.8. The lowest BCUT2D eigenvalue weighted by atomic mass is 9.89. The molecule has 2 atom stereocenters. The number of nitrogens with one attached hydrogen (secondary N) is 2. The molecule has 3 amide bonds. The van der Waals surface area contributed by atoms with E-state index in [1.54, 1.807) is 0 Å². The molecule has 1 fully saturated rings. The summed E-state index contributed by atoms with van der Waals surface area (Å²) >= 11 is 0. The predicted molar refractivity (Wildman–Crippen MR) is 119 cm³/mol. The highest BCUT2D eigenvalue weighted by Crippen LogP contribution is 2.28. The Morgan fingerprint density at radius 2 is 2.00 bits per heavy atom. The van der Waals surface area contributed by atoms with Crippen molar-refractivity contribution in [1.82, 2.24) is 4.90 Å². The molecule has 0 saturated carbocycles. The molecule has 4 rings (SSSR count). The van der Waals surface area contributed by atoms with Crippen LogP contribution >= 0.6 is 0 Å². The number of amides is 3. The number of benzene rings is 2. The maximum Gasteiger partial charge on any atom is 0.234 e. The molecule has 0 aromatic heterocycles. The van der Waals surface area contributed by atoms with Crippen molar-refractivity contribution in [2.45, 2.75) is 44.7 Å². The van der Waals surface area contributed by atoms with Gasteiger partial charge in [0.25, 0.3) is 0 Å². The maximum absolute atomic E-state index is 12.5. The Kier molecular flexibility index (Phi) is 6.32. The van der Waals surface area contributed by atoms with E-state index in [2.05, 4.69) is 15.5 Å². The largest absolute Gasteiger partial charge is 0.368 e. The van der Waals surface area contributed by atoms with Gasteiger partial charge in [0.1, 0.15) is 0 Å². The lowest BCUT2D eigenvalue weighted by molar-refractivity contribution is -0.123. The number of rotatable bonds is 7. The summed E-state index contributed by atoms with van der Waals surface area (Å²) in [6.07, 6.45) is 3.19. The molecule has 0 radical (unpaired) electrons. The van der Waals surface area contributed by atoms with Gasteiger partial charge in [-0.25, -0.2) is 0 Å². The van der Waals surface area contributed by atoms with Gasteiger partial charge in [-0.15, -0.1) is 0 Å². The molecule has 0 spiro atoms. The fourth-order valence-electron chi connectivity index (χ4n) is 4.49. The molecule has 0 aliphatic carbocycles. The third-order valence-electron chi connectivity index (χ3n) is 6.12. The number of fused-ring (bicyclic) bond motifs is 1. The number of hydrogen-bond acceptors (Lipinski definition) is 4. The minimum atomic E-state index is -0.281. The van der Waals surface area contributed by atoms with E-state index >= 15 is 0 Å². The number of likely N-dealkylation sites (tertiary alicyclic amines) is 1. The molecule has 7 heteroatoms. The highest BCUT2D eigenvalue weighted by molar-refractivity contribution is 5.96. The van der Waals surface area contributed by atoms with E-state index in [1.165, 1.54) is 0 Å². The molecule has 2 heterocycles. The van der Waals surface area contributed by atoms with Crippen LogP contribution in [0.1, 0.15) is 36.8 Å². The Hall–Kier alpha value is -3.19. The lowest BCUT2D eigenvalue weighted by Crippen LogP contribution is -2.39. The zero-order valence-electron chi connectivity index (χ0n) is 17.5. The van der Waals surface area contributed by atoms with E-state index in [0.717, 1.165) is 41.9 Å². The van der Waals surface area contributed by atoms with Crippen molar-refractivity contribution in [3.8, 4) is 0 Å². The number of anilines is 2. The SMILES string of the molecule is NC(=O)C1CCCN1Cc1cccc(NC(=O)CCC2Cc3ccccc3NC2=O)c1. The molecular formula is C24H28N4O3. The number of nitrogens with zero attached hydrogens (tertiary/aromatic N) is 1. The summed E-state index contributed by atoms with van der Waals surface area (Å²) in [5.41, 5.74) is 9.21. The monoisotopic (exact) mass is 420 g/mol. The number of nitrogens with two attached hydrogens (primary N) is 1. The molecular weight excluding hydrogens is 392 g/mol. The fraction of sp³-hybridized carbons (Fsp3) is 0.375. The third-order valence-corrected chi connectivity index (χ3v) is 6.12. The molecule has 0 bridgehead atoms. The van der Waals surface area contributed by atoms with Gasteiger partial charge in [-0.2, -0.15) is 0 Å². The molecule has 7 nitrogen and oxygen atoms in total. The van der Waals surface area contributed by atoms with Gasteiger partial charge in [-0.05, 0) is 61.6 Å². The Bertz CT molecular complexity index is 990. The van der Waals surface area contributed by atoms with Crippen LogP contribution in [-0.4, -0.2) is 35.2 Å². The molecule has 4 N–H and O–H groups in total. The van der Waals surface area contributed by atoms with Gasteiger partial charge in [-0.1, -0.05) is 30.3 Å². The minimum absolute atomic E-state index is 0.0249. The van der Waals surface area contributed by atoms with Crippen molar-refractivity contribution in [1.29, 1.82) is 0 Å². The first-order chi connectivity index (χ1) is 15.0. The first kappa shape index (κ1) is 21.1. The maximum atomic E-state index is 12.5. The van der Waals surface area contributed by atoms with Crippen LogP contribution in [-0.2, 0) is 27.3 Å². The standard InChI is InChI=1S/C24H28N4O3/c25-23(30)21-9-4-12-28(21)15-16-5-3-7-19(13-16)26-22(29)11-10-18-14-17-6-1-2-8-20(17)27-24(18)31/h1-3,5-8,13,18,21H,4,9-12,14-15H2,(H2,25,30)(H,26,29)(H,27,31). The zero-order valence-corrected chi connectivity index (χ0v) is 17.5. The van der Waals surface area contributed by atoms with Crippen molar-refractivity contribution in [2.75, 3.05) is 17.2 Å². The summed E-state index contributed by atoms with van der Waals surface area (Å²) in [5.74, 6) is -0.618. The van der Waals surface area contributed by atoms with Gasteiger partial charge in [0, 0.05) is 30.3 Å². The van der Waals surface area contributed by atoms with Crippen LogP contribution < -0.4 is 16.4 Å². The van der Waals surface area contributed by atoms with E-state index in [9.17, 15) is 14.4 Å². The average Bonchev–Trinajstić information content (AvgIpc) is 3.21. The number of primary amides is 1. The molecule has 2 aromatic rings. The lowest BCUT2D eigenvalue weighted by Gasteiger charge is -2.24. The number of carbonyl (C=O) groups is 3. The van der Waals surface area contributed by atoms with Crippen molar-refractivity contribution in [3.63, 3.8) is 0 Å². The molecule has 162 valence electrons. The van der Waals surface area contributed by atoms with Gasteiger partial charge in [0.2, 0.25) is 17.7 Å². The smallest absolute Gasteiger partial charge is 0.234 e. The van der Waals surface area contributed by atoms with E-state index in [1.807, 2.05) is 48.5 Å². The molecule has 2 aliphatic rings. The van der Waals surface area contributed by atoms with Gasteiger partial charge >= 0.3 is 0 Å². The Labute approximate surface area is 182 Å². The van der Waals surface area contributed by atoms with E-state index in [-0.39, 0.29) is 36.1 Å². The van der Waals surface area contributed by atoms with Crippen LogP contribution in [0, 0.1) is 5.92 Å². The van der Waals surface area contributed by atoms with Crippen molar-refractivity contribution in [3.05, 3.63) is 59.7 Å². The van der Waals surface area contributed by atoms with Crippen molar-refractivity contribution >= 4 is 29.1 Å². The van der Waals surface area contributed by atoms with Crippen LogP contribution in [0.2, 0.25) is 0 Å². The Morgan fingerprint density at radius 1 is 1.16 bits per heavy atom. The first-order valence-electron chi connectivity index (χ1n) is 10.8. The fourth-order valence-corrected chi connectivity index (χ4v) is 4.49. The quantitative estimate of drug-likeness (QED) is 0.640. The minimum Gasteiger partial charge on any atom is -0.368 e. The number of hydrogen-bond donors (Lipinski definition) is 3. The van der Waals surface area contributed by atoms with Crippen LogP contribution in [0.5, 0.6) is 0 Å². The highest BCUT2D eigenvalue weighted by Gasteiger charge is 2.29. The van der Waals surface area contributed by atoms with E-state index in [0.29, 0.717) is 19.4 Å². The molecule has 31 heavy (non-hydrogen) atoms. The molecule has 2 aromatic carbocycles. The first-order valence-corrected chi connectivity index (χ1v) is 10.8. The van der Waals surface area contributed by atoms with Crippen LogP contribution in [0.3, 0.4) is 0 Å². The topological polar surface area (TPSA) is 105 Å². The van der Waals surface area contributed by atoms with Gasteiger partial charge in [0.05, 0.1) is 6.04 Å². The van der Waals surface area contributed by atoms with Crippen LogP contribution in [0.4, 0.5) is 11.4 Å². The van der Waals surface area contributed by atoms with E-state index < -0.39 is 0 Å². The van der Waals surface area contributed by atoms with Gasteiger partial charge in [-0.3, -0.25) is 19.3 Å².